The van der Waals surface area contributed by atoms with Crippen LogP contribution in [0.2, 0.25) is 0 Å². The van der Waals surface area contributed by atoms with Gasteiger partial charge in [-0.05, 0) is 12.8 Å². The fraction of sp³-hybridized carbons (Fsp3) is 0.286. The molecule has 1 aliphatic carbocycles. The maximum atomic E-state index is 12.0. The number of anilines is 1. The molecule has 3 heterocycles. The highest BCUT2D eigenvalue weighted by atomic mass is 32.1. The van der Waals surface area contributed by atoms with Crippen molar-refractivity contribution in [1.29, 1.82) is 0 Å². The number of hydrogen-bond acceptors (Lipinski definition) is 7. The molecule has 0 saturated heterocycles. The van der Waals surface area contributed by atoms with Crippen LogP contribution in [-0.4, -0.2) is 21.2 Å². The molecule has 1 saturated carbocycles. The number of amides is 1. The molecule has 0 unspecified atom stereocenters. The Morgan fingerprint density at radius 3 is 3.09 bits per heavy atom. The minimum atomic E-state index is -0.183. The first-order chi connectivity index (χ1) is 10.8. The third kappa shape index (κ3) is 2.77. The van der Waals surface area contributed by atoms with Crippen LogP contribution in [0.1, 0.15) is 30.2 Å². The molecule has 4 rings (SSSR count). The molecule has 112 valence electrons. The molecule has 1 amide bonds. The Morgan fingerprint density at radius 2 is 2.32 bits per heavy atom. The number of rotatable bonds is 5. The second-order valence-corrected chi connectivity index (χ2v) is 5.99. The Balaban J connectivity index is 1.39. The molecule has 7 nitrogen and oxygen atoms in total. The van der Waals surface area contributed by atoms with Gasteiger partial charge in [0.05, 0.1) is 18.3 Å². The molecule has 1 N–H and O–H groups in total. The van der Waals surface area contributed by atoms with Gasteiger partial charge in [0, 0.05) is 23.4 Å². The molecule has 3 aromatic rings. The smallest absolute Gasteiger partial charge is 0.233 e. The van der Waals surface area contributed by atoms with E-state index in [-0.39, 0.29) is 12.3 Å². The summed E-state index contributed by atoms with van der Waals surface area (Å²) in [7, 11) is 0. The monoisotopic (exact) mass is 316 g/mol. The number of thiazole rings is 1. The minimum absolute atomic E-state index is 0.150. The number of nitrogens with one attached hydrogen (secondary N) is 1. The summed E-state index contributed by atoms with van der Waals surface area (Å²) in [6.45, 7) is 0. The van der Waals surface area contributed by atoms with E-state index in [0.717, 1.165) is 18.5 Å². The van der Waals surface area contributed by atoms with E-state index >= 15 is 0 Å². The number of hydrogen-bond donors (Lipinski definition) is 1. The SMILES string of the molecule is O=C(Cc1cc(C2CC2)no1)Nc1nc(-c2ccno2)cs1. The van der Waals surface area contributed by atoms with Gasteiger partial charge in [-0.2, -0.15) is 0 Å². The van der Waals surface area contributed by atoms with E-state index in [4.69, 9.17) is 9.05 Å². The van der Waals surface area contributed by atoms with Gasteiger partial charge < -0.3 is 14.4 Å². The van der Waals surface area contributed by atoms with Crippen molar-refractivity contribution in [2.24, 2.45) is 0 Å². The average molecular weight is 316 g/mol. The van der Waals surface area contributed by atoms with Gasteiger partial charge in [0.15, 0.2) is 10.9 Å². The molecule has 0 spiro atoms. The lowest BCUT2D eigenvalue weighted by atomic mass is 10.2. The normalized spacial score (nSPS) is 14.2. The van der Waals surface area contributed by atoms with Gasteiger partial charge in [-0.3, -0.25) is 4.79 Å². The molecular formula is C14H12N4O3S. The Hall–Kier alpha value is -2.48. The van der Waals surface area contributed by atoms with Crippen molar-refractivity contribution < 1.29 is 13.8 Å². The van der Waals surface area contributed by atoms with E-state index < -0.39 is 0 Å². The van der Waals surface area contributed by atoms with Crippen LogP contribution in [0, 0.1) is 0 Å². The zero-order chi connectivity index (χ0) is 14.9. The average Bonchev–Trinajstić information content (AvgIpc) is 2.95. The van der Waals surface area contributed by atoms with E-state index in [1.165, 1.54) is 11.3 Å². The lowest BCUT2D eigenvalue weighted by Crippen LogP contribution is -2.13. The molecule has 3 aromatic heterocycles. The summed E-state index contributed by atoms with van der Waals surface area (Å²) in [4.78, 5) is 16.3. The van der Waals surface area contributed by atoms with Crippen molar-refractivity contribution in [3.05, 3.63) is 35.2 Å². The van der Waals surface area contributed by atoms with Crippen molar-refractivity contribution in [1.82, 2.24) is 15.3 Å². The Morgan fingerprint density at radius 1 is 1.41 bits per heavy atom. The first-order valence-electron chi connectivity index (χ1n) is 6.90. The van der Waals surface area contributed by atoms with Gasteiger partial charge in [-0.1, -0.05) is 10.3 Å². The number of carbonyl (C=O) groups is 1. The number of carbonyl (C=O) groups excluding carboxylic acids is 1. The maximum absolute atomic E-state index is 12.0. The highest BCUT2D eigenvalue weighted by Gasteiger charge is 2.27. The summed E-state index contributed by atoms with van der Waals surface area (Å²) >= 11 is 1.33. The molecule has 0 aromatic carbocycles. The van der Waals surface area contributed by atoms with E-state index in [0.29, 0.717) is 28.3 Å². The highest BCUT2D eigenvalue weighted by Crippen LogP contribution is 2.39. The Bertz CT molecular complexity index is 789. The van der Waals surface area contributed by atoms with Gasteiger partial charge in [0.1, 0.15) is 11.5 Å². The first kappa shape index (κ1) is 13.2. The van der Waals surface area contributed by atoms with Crippen molar-refractivity contribution in [3.8, 4) is 11.5 Å². The molecule has 0 aliphatic heterocycles. The van der Waals surface area contributed by atoms with Crippen LogP contribution in [-0.2, 0) is 11.2 Å². The Labute approximate surface area is 129 Å². The third-order valence-electron chi connectivity index (χ3n) is 3.35. The summed E-state index contributed by atoms with van der Waals surface area (Å²) < 4.78 is 10.2. The molecule has 0 bridgehead atoms. The minimum Gasteiger partial charge on any atom is -0.361 e. The topological polar surface area (TPSA) is 94.1 Å². The van der Waals surface area contributed by atoms with Crippen molar-refractivity contribution in [2.45, 2.75) is 25.2 Å². The van der Waals surface area contributed by atoms with Gasteiger partial charge in [0.25, 0.3) is 0 Å². The van der Waals surface area contributed by atoms with Crippen LogP contribution < -0.4 is 5.32 Å². The molecule has 1 fully saturated rings. The molecule has 22 heavy (non-hydrogen) atoms. The molecule has 0 atom stereocenters. The summed E-state index contributed by atoms with van der Waals surface area (Å²) in [6.07, 6.45) is 4.01. The predicted molar refractivity (Wildman–Crippen MR) is 78.4 cm³/mol. The van der Waals surface area contributed by atoms with Crippen LogP contribution in [0.25, 0.3) is 11.5 Å². The summed E-state index contributed by atoms with van der Waals surface area (Å²) in [5.74, 6) is 1.48. The zero-order valence-corrected chi connectivity index (χ0v) is 12.3. The van der Waals surface area contributed by atoms with E-state index in [1.54, 1.807) is 17.6 Å². The van der Waals surface area contributed by atoms with Crippen LogP contribution in [0.5, 0.6) is 0 Å². The van der Waals surface area contributed by atoms with Crippen LogP contribution in [0.3, 0.4) is 0 Å². The molecular weight excluding hydrogens is 304 g/mol. The number of aromatic nitrogens is 3. The van der Waals surface area contributed by atoms with Gasteiger partial charge >= 0.3 is 0 Å². The zero-order valence-electron chi connectivity index (χ0n) is 11.5. The molecule has 8 heteroatoms. The second-order valence-electron chi connectivity index (χ2n) is 5.13. The maximum Gasteiger partial charge on any atom is 0.233 e. The fourth-order valence-corrected chi connectivity index (χ4v) is 2.81. The Kier molecular flexibility index (Phi) is 3.23. The fourth-order valence-electron chi connectivity index (χ4n) is 2.10. The van der Waals surface area contributed by atoms with E-state index in [2.05, 4.69) is 20.6 Å². The van der Waals surface area contributed by atoms with Gasteiger partial charge in [0.2, 0.25) is 5.91 Å². The standard InChI is InChI=1S/C14H12N4O3S/c19-13(6-9-5-10(18-20-9)8-1-2-8)17-14-16-11(7-22-14)12-3-4-15-21-12/h3-5,7-8H,1-2,6H2,(H,16,17,19). The first-order valence-corrected chi connectivity index (χ1v) is 7.78. The summed E-state index contributed by atoms with van der Waals surface area (Å²) in [6, 6.07) is 3.58. The lowest BCUT2D eigenvalue weighted by Gasteiger charge is -1.98. The van der Waals surface area contributed by atoms with Crippen molar-refractivity contribution >= 4 is 22.4 Å². The van der Waals surface area contributed by atoms with Crippen LogP contribution in [0.15, 0.2) is 32.8 Å². The van der Waals surface area contributed by atoms with Crippen molar-refractivity contribution in [3.63, 3.8) is 0 Å². The third-order valence-corrected chi connectivity index (χ3v) is 4.11. The van der Waals surface area contributed by atoms with E-state index in [1.807, 2.05) is 6.07 Å². The quantitative estimate of drug-likeness (QED) is 0.778. The molecule has 1 aliphatic rings. The van der Waals surface area contributed by atoms with Crippen LogP contribution in [0.4, 0.5) is 5.13 Å². The lowest BCUT2D eigenvalue weighted by molar-refractivity contribution is -0.115. The largest absolute Gasteiger partial charge is 0.361 e. The summed E-state index contributed by atoms with van der Waals surface area (Å²) in [5, 5.41) is 12.7. The van der Waals surface area contributed by atoms with Gasteiger partial charge in [-0.15, -0.1) is 11.3 Å². The molecule has 0 radical (unpaired) electrons. The van der Waals surface area contributed by atoms with Crippen LogP contribution >= 0.6 is 11.3 Å². The van der Waals surface area contributed by atoms with E-state index in [9.17, 15) is 4.79 Å². The highest BCUT2D eigenvalue weighted by molar-refractivity contribution is 7.14. The summed E-state index contributed by atoms with van der Waals surface area (Å²) in [5.41, 5.74) is 1.60. The van der Waals surface area contributed by atoms with Crippen molar-refractivity contribution in [2.75, 3.05) is 5.32 Å². The van der Waals surface area contributed by atoms with Gasteiger partial charge in [-0.25, -0.2) is 4.98 Å². The number of nitrogens with zero attached hydrogens (tertiary/aromatic N) is 3. The predicted octanol–water partition coefficient (Wildman–Crippen LogP) is 2.84. The second kappa shape index (κ2) is 5.38.